The van der Waals surface area contributed by atoms with Gasteiger partial charge in [-0.05, 0) is 77.0 Å². The fourth-order valence-corrected chi connectivity index (χ4v) is 7.87. The molecular weight excluding hydrogens is 798 g/mol. The molecule has 0 amide bonds. The minimum absolute atomic E-state index is 0.0508. The molecule has 0 aromatic rings. The SMILES string of the molecule is CCCCCCC/C=C\C/C=C\C/C=C\CCCCCCCCCCCCC(=O)OC(COC(=O)CCCCCCC/C=C\CCCCCCCCC)COP(=O)(O)OCCN. The van der Waals surface area contributed by atoms with Crippen molar-refractivity contribution in [3.8, 4) is 0 Å². The molecule has 2 atom stereocenters. The van der Waals surface area contributed by atoms with E-state index < -0.39 is 26.5 Å². The number of rotatable bonds is 48. The van der Waals surface area contributed by atoms with Gasteiger partial charge in [0.05, 0.1) is 13.2 Å². The van der Waals surface area contributed by atoms with E-state index in [1.165, 1.54) is 128 Å². The van der Waals surface area contributed by atoms with Gasteiger partial charge in [-0.15, -0.1) is 0 Å². The highest BCUT2D eigenvalue weighted by molar-refractivity contribution is 7.47. The number of nitrogens with two attached hydrogens (primary N) is 1. The topological polar surface area (TPSA) is 134 Å². The molecular formula is C52H96NO8P. The van der Waals surface area contributed by atoms with Gasteiger partial charge in [-0.1, -0.05) is 197 Å². The molecule has 10 heteroatoms. The van der Waals surface area contributed by atoms with Crippen LogP contribution in [-0.2, 0) is 32.7 Å². The average molecular weight is 894 g/mol. The highest BCUT2D eigenvalue weighted by Gasteiger charge is 2.26. The molecule has 0 heterocycles. The highest BCUT2D eigenvalue weighted by atomic mass is 31.2. The van der Waals surface area contributed by atoms with Crippen LogP contribution in [0.1, 0.15) is 239 Å². The first-order valence-corrected chi connectivity index (χ1v) is 27.1. The van der Waals surface area contributed by atoms with Crippen LogP contribution in [0.5, 0.6) is 0 Å². The van der Waals surface area contributed by atoms with Crippen LogP contribution in [0, 0.1) is 0 Å². The summed E-state index contributed by atoms with van der Waals surface area (Å²) in [6.07, 6.45) is 57.2. The molecule has 0 saturated carbocycles. The third-order valence-corrected chi connectivity index (χ3v) is 11.9. The third-order valence-electron chi connectivity index (χ3n) is 10.9. The van der Waals surface area contributed by atoms with E-state index in [0.29, 0.717) is 6.42 Å². The normalized spacial score (nSPS) is 13.5. The van der Waals surface area contributed by atoms with Crippen LogP contribution in [-0.4, -0.2) is 49.3 Å². The predicted molar refractivity (Wildman–Crippen MR) is 261 cm³/mol. The fraction of sp³-hybridized carbons (Fsp3) is 0.808. The van der Waals surface area contributed by atoms with E-state index in [-0.39, 0.29) is 38.6 Å². The second kappa shape index (κ2) is 48.4. The smallest absolute Gasteiger partial charge is 0.462 e. The molecule has 0 saturated heterocycles. The Bertz CT molecular complexity index is 1160. The number of carbonyl (C=O) groups is 2. The molecule has 0 aliphatic heterocycles. The number of carbonyl (C=O) groups excluding carboxylic acids is 2. The Hall–Kier alpha value is -2.03. The minimum Gasteiger partial charge on any atom is -0.462 e. The fourth-order valence-electron chi connectivity index (χ4n) is 7.11. The summed E-state index contributed by atoms with van der Waals surface area (Å²) in [6, 6.07) is 0. The molecule has 3 N–H and O–H groups in total. The Morgan fingerprint density at radius 2 is 0.839 bits per heavy atom. The summed E-state index contributed by atoms with van der Waals surface area (Å²) in [5.74, 6) is -0.838. The van der Waals surface area contributed by atoms with Gasteiger partial charge < -0.3 is 20.1 Å². The molecule has 0 aliphatic rings. The lowest BCUT2D eigenvalue weighted by Gasteiger charge is -2.19. The van der Waals surface area contributed by atoms with Crippen molar-refractivity contribution >= 4 is 19.8 Å². The molecule has 0 aliphatic carbocycles. The zero-order valence-corrected chi connectivity index (χ0v) is 41.0. The minimum atomic E-state index is -4.39. The second-order valence-electron chi connectivity index (χ2n) is 17.0. The first-order valence-electron chi connectivity index (χ1n) is 25.6. The van der Waals surface area contributed by atoms with Crippen LogP contribution in [0.3, 0.4) is 0 Å². The van der Waals surface area contributed by atoms with E-state index >= 15 is 0 Å². The Balaban J connectivity index is 4.05. The van der Waals surface area contributed by atoms with Gasteiger partial charge in [-0.2, -0.15) is 0 Å². The second-order valence-corrected chi connectivity index (χ2v) is 18.5. The monoisotopic (exact) mass is 894 g/mol. The molecule has 362 valence electrons. The van der Waals surface area contributed by atoms with E-state index in [1.807, 2.05) is 0 Å². The van der Waals surface area contributed by atoms with E-state index in [1.54, 1.807) is 0 Å². The van der Waals surface area contributed by atoms with Crippen molar-refractivity contribution in [2.75, 3.05) is 26.4 Å². The molecule has 0 rings (SSSR count). The molecule has 0 fully saturated rings. The van der Waals surface area contributed by atoms with Crippen molar-refractivity contribution in [3.63, 3.8) is 0 Å². The summed E-state index contributed by atoms with van der Waals surface area (Å²) >= 11 is 0. The standard InChI is InChI=1S/C52H96NO8P/c1-3-5-7-9-11-13-15-17-19-21-22-23-24-25-26-27-28-29-31-33-35-37-39-41-43-45-52(55)61-50(49-60-62(56,57)59-47-46-53)48-58-51(54)44-42-40-38-36-34-32-30-20-18-16-14-12-10-8-6-4-2/h15,17,20-22,24-25,30,50H,3-14,16,18-19,23,26-29,31-49,53H2,1-2H3,(H,56,57)/b17-15-,22-21-,25-24-,30-20-. The number of unbranched alkanes of at least 4 members (excludes halogenated alkanes) is 27. The van der Waals surface area contributed by atoms with Crippen LogP contribution in [0.25, 0.3) is 0 Å². The van der Waals surface area contributed by atoms with Crippen LogP contribution < -0.4 is 5.73 Å². The first kappa shape index (κ1) is 60.0. The van der Waals surface area contributed by atoms with Gasteiger partial charge in [-0.3, -0.25) is 18.6 Å². The Labute approximate surface area is 381 Å². The summed E-state index contributed by atoms with van der Waals surface area (Å²) < 4.78 is 32.9. The average Bonchev–Trinajstić information content (AvgIpc) is 3.26. The van der Waals surface area contributed by atoms with Crippen LogP contribution in [0.2, 0.25) is 0 Å². The summed E-state index contributed by atoms with van der Waals surface area (Å²) in [5.41, 5.74) is 5.36. The number of phosphoric acid groups is 1. The molecule has 0 radical (unpaired) electrons. The predicted octanol–water partition coefficient (Wildman–Crippen LogP) is 15.5. The quantitative estimate of drug-likeness (QED) is 0.0265. The number of esters is 2. The molecule has 0 bridgehead atoms. The molecule has 0 aromatic carbocycles. The van der Waals surface area contributed by atoms with E-state index in [4.69, 9.17) is 24.3 Å². The molecule has 62 heavy (non-hydrogen) atoms. The van der Waals surface area contributed by atoms with Crippen LogP contribution >= 0.6 is 7.82 Å². The number of hydrogen-bond donors (Lipinski definition) is 2. The lowest BCUT2D eigenvalue weighted by molar-refractivity contribution is -0.161. The van der Waals surface area contributed by atoms with Crippen molar-refractivity contribution in [3.05, 3.63) is 48.6 Å². The third kappa shape index (κ3) is 47.4. The van der Waals surface area contributed by atoms with E-state index in [0.717, 1.165) is 77.0 Å². The Morgan fingerprint density at radius 3 is 1.26 bits per heavy atom. The molecule has 2 unspecified atom stereocenters. The number of allylic oxidation sites excluding steroid dienone is 8. The zero-order valence-electron chi connectivity index (χ0n) is 40.1. The van der Waals surface area contributed by atoms with Crippen LogP contribution in [0.4, 0.5) is 0 Å². The van der Waals surface area contributed by atoms with Crippen molar-refractivity contribution in [1.29, 1.82) is 0 Å². The summed E-state index contributed by atoms with van der Waals surface area (Å²) in [7, 11) is -4.39. The highest BCUT2D eigenvalue weighted by Crippen LogP contribution is 2.43. The van der Waals surface area contributed by atoms with Crippen molar-refractivity contribution in [2.45, 2.75) is 245 Å². The van der Waals surface area contributed by atoms with Gasteiger partial charge in [-0.25, -0.2) is 4.57 Å². The Morgan fingerprint density at radius 1 is 0.484 bits per heavy atom. The van der Waals surface area contributed by atoms with Gasteiger partial charge >= 0.3 is 19.8 Å². The summed E-state index contributed by atoms with van der Waals surface area (Å²) in [6.45, 7) is 3.73. The first-order chi connectivity index (χ1) is 30.3. The van der Waals surface area contributed by atoms with Gasteiger partial charge in [0.2, 0.25) is 0 Å². The maximum Gasteiger partial charge on any atom is 0.472 e. The largest absolute Gasteiger partial charge is 0.472 e. The number of ether oxygens (including phenoxy) is 2. The number of hydrogen-bond acceptors (Lipinski definition) is 8. The number of phosphoric ester groups is 1. The van der Waals surface area contributed by atoms with Crippen molar-refractivity contribution in [2.24, 2.45) is 5.73 Å². The van der Waals surface area contributed by atoms with E-state index in [9.17, 15) is 19.0 Å². The summed E-state index contributed by atoms with van der Waals surface area (Å²) in [5, 5.41) is 0. The van der Waals surface area contributed by atoms with Crippen molar-refractivity contribution < 1.29 is 37.6 Å². The van der Waals surface area contributed by atoms with Crippen molar-refractivity contribution in [1.82, 2.24) is 0 Å². The van der Waals surface area contributed by atoms with Crippen LogP contribution in [0.15, 0.2) is 48.6 Å². The maximum absolute atomic E-state index is 12.7. The Kier molecular flexibility index (Phi) is 46.8. The maximum atomic E-state index is 12.7. The van der Waals surface area contributed by atoms with E-state index in [2.05, 4.69) is 62.5 Å². The lowest BCUT2D eigenvalue weighted by atomic mass is 10.0. The lowest BCUT2D eigenvalue weighted by Crippen LogP contribution is -2.29. The van der Waals surface area contributed by atoms with Gasteiger partial charge in [0.1, 0.15) is 6.61 Å². The zero-order chi connectivity index (χ0) is 45.3. The summed E-state index contributed by atoms with van der Waals surface area (Å²) in [4.78, 5) is 35.0. The molecule has 9 nitrogen and oxygen atoms in total. The molecule has 0 spiro atoms. The van der Waals surface area contributed by atoms with Gasteiger partial charge in [0.25, 0.3) is 0 Å². The van der Waals surface area contributed by atoms with Gasteiger partial charge in [0.15, 0.2) is 6.10 Å². The molecule has 0 aromatic heterocycles. The van der Waals surface area contributed by atoms with Gasteiger partial charge in [0, 0.05) is 19.4 Å².